The van der Waals surface area contributed by atoms with Gasteiger partial charge in [0, 0.05) is 23.8 Å². The van der Waals surface area contributed by atoms with Gasteiger partial charge in [-0.15, -0.1) is 0 Å². The van der Waals surface area contributed by atoms with E-state index in [0.717, 1.165) is 36.4 Å². The third kappa shape index (κ3) is 5.45. The number of rotatable bonds is 6. The molecule has 0 fully saturated rings. The highest BCUT2D eigenvalue weighted by molar-refractivity contribution is 6.11. The van der Waals surface area contributed by atoms with Crippen molar-refractivity contribution in [2.75, 3.05) is 12.3 Å². The summed E-state index contributed by atoms with van der Waals surface area (Å²) in [6.07, 6.45) is 0. The summed E-state index contributed by atoms with van der Waals surface area (Å²) in [5.41, 5.74) is 3.31. The van der Waals surface area contributed by atoms with Gasteiger partial charge in [-0.05, 0) is 51.1 Å². The SMILES string of the molecule is CC(C)(C)OC(=O)COc1cc(F)c(-n2c(N)c(C(=O)c3ccc(F)cc3)ccc2=O)c(F)c1. The number of hydrogen-bond acceptors (Lipinski definition) is 6. The number of ketones is 1. The highest BCUT2D eigenvalue weighted by Gasteiger charge is 2.23. The van der Waals surface area contributed by atoms with Crippen LogP contribution in [0.1, 0.15) is 36.7 Å². The number of anilines is 1. The van der Waals surface area contributed by atoms with Crippen LogP contribution in [0.5, 0.6) is 5.75 Å². The zero-order valence-corrected chi connectivity index (χ0v) is 18.5. The summed E-state index contributed by atoms with van der Waals surface area (Å²) in [6, 6.07) is 8.14. The minimum atomic E-state index is -1.22. The van der Waals surface area contributed by atoms with Crippen LogP contribution in [-0.4, -0.2) is 28.5 Å². The number of aromatic nitrogens is 1. The van der Waals surface area contributed by atoms with Gasteiger partial charge in [0.05, 0.1) is 5.56 Å². The van der Waals surface area contributed by atoms with Crippen LogP contribution in [0.25, 0.3) is 5.69 Å². The van der Waals surface area contributed by atoms with Gasteiger partial charge in [0.1, 0.15) is 28.7 Å². The number of esters is 1. The molecule has 7 nitrogen and oxygen atoms in total. The molecule has 0 amide bonds. The first-order valence-electron chi connectivity index (χ1n) is 10.0. The van der Waals surface area contributed by atoms with Gasteiger partial charge < -0.3 is 15.2 Å². The van der Waals surface area contributed by atoms with Crippen molar-refractivity contribution < 1.29 is 32.2 Å². The van der Waals surface area contributed by atoms with E-state index in [4.69, 9.17) is 15.2 Å². The minimum Gasteiger partial charge on any atom is -0.482 e. The summed E-state index contributed by atoms with van der Waals surface area (Å²) in [5, 5.41) is 0. The molecule has 1 heterocycles. The van der Waals surface area contributed by atoms with E-state index in [1.54, 1.807) is 20.8 Å². The molecule has 10 heteroatoms. The van der Waals surface area contributed by atoms with Crippen LogP contribution in [0, 0.1) is 17.5 Å². The largest absolute Gasteiger partial charge is 0.482 e. The van der Waals surface area contributed by atoms with Crippen molar-refractivity contribution in [1.82, 2.24) is 4.57 Å². The van der Waals surface area contributed by atoms with Crippen molar-refractivity contribution >= 4 is 17.6 Å². The van der Waals surface area contributed by atoms with E-state index in [9.17, 15) is 27.6 Å². The standard InChI is InChI=1S/C24H21F3N2O5/c1-24(2,3)34-20(31)12-33-15-10-17(26)21(18(27)11-15)29-19(30)9-8-16(23(29)28)22(32)13-4-6-14(25)7-5-13/h4-11H,12,28H2,1-3H3. The van der Waals surface area contributed by atoms with E-state index in [1.807, 2.05) is 0 Å². The molecule has 0 radical (unpaired) electrons. The number of benzene rings is 2. The smallest absolute Gasteiger partial charge is 0.344 e. The Labute approximate surface area is 192 Å². The molecule has 178 valence electrons. The fraction of sp³-hybridized carbons (Fsp3) is 0.208. The van der Waals surface area contributed by atoms with Crippen LogP contribution in [0.3, 0.4) is 0 Å². The van der Waals surface area contributed by atoms with Crippen molar-refractivity contribution in [2.24, 2.45) is 0 Å². The lowest BCUT2D eigenvalue weighted by atomic mass is 10.0. The molecule has 2 aromatic carbocycles. The molecule has 2 N–H and O–H groups in total. The second kappa shape index (κ2) is 9.42. The summed E-state index contributed by atoms with van der Waals surface area (Å²) in [6.45, 7) is 4.35. The molecule has 0 unspecified atom stereocenters. The number of ether oxygens (including phenoxy) is 2. The summed E-state index contributed by atoms with van der Waals surface area (Å²) in [5.74, 6) is -5.27. The lowest BCUT2D eigenvalue weighted by Gasteiger charge is -2.19. The van der Waals surface area contributed by atoms with Crippen LogP contribution in [0.15, 0.2) is 53.3 Å². The van der Waals surface area contributed by atoms with Crippen LogP contribution >= 0.6 is 0 Å². The Balaban J connectivity index is 1.96. The van der Waals surface area contributed by atoms with E-state index in [1.165, 1.54) is 12.1 Å². The number of nitrogens with two attached hydrogens (primary N) is 1. The Morgan fingerprint density at radius 3 is 2.12 bits per heavy atom. The molecule has 34 heavy (non-hydrogen) atoms. The van der Waals surface area contributed by atoms with Crippen LogP contribution in [0.2, 0.25) is 0 Å². The summed E-state index contributed by atoms with van der Waals surface area (Å²) in [4.78, 5) is 37.0. The van der Waals surface area contributed by atoms with Crippen LogP contribution in [0.4, 0.5) is 19.0 Å². The van der Waals surface area contributed by atoms with Gasteiger partial charge in [-0.2, -0.15) is 0 Å². The Morgan fingerprint density at radius 1 is 0.971 bits per heavy atom. The van der Waals surface area contributed by atoms with Crippen molar-refractivity contribution in [2.45, 2.75) is 26.4 Å². The van der Waals surface area contributed by atoms with Crippen molar-refractivity contribution in [1.29, 1.82) is 0 Å². The average molecular weight is 474 g/mol. The van der Waals surface area contributed by atoms with E-state index in [0.29, 0.717) is 4.57 Å². The minimum absolute atomic E-state index is 0.0603. The molecule has 0 aliphatic carbocycles. The molecule has 1 aromatic heterocycles. The molecule has 0 bridgehead atoms. The molecule has 0 aliphatic heterocycles. The first-order chi connectivity index (χ1) is 15.9. The van der Waals surface area contributed by atoms with Gasteiger partial charge in [0.15, 0.2) is 24.0 Å². The maximum absolute atomic E-state index is 14.9. The summed E-state index contributed by atoms with van der Waals surface area (Å²) in [7, 11) is 0. The highest BCUT2D eigenvalue weighted by atomic mass is 19.1. The molecule has 3 rings (SSSR count). The first kappa shape index (κ1) is 24.6. The molecular formula is C24H21F3N2O5. The van der Waals surface area contributed by atoms with Gasteiger partial charge in [-0.25, -0.2) is 18.0 Å². The lowest BCUT2D eigenvalue weighted by molar-refractivity contribution is -0.157. The van der Waals surface area contributed by atoms with E-state index in [-0.39, 0.29) is 16.9 Å². The topological polar surface area (TPSA) is 101 Å². The van der Waals surface area contributed by atoms with Gasteiger partial charge in [-0.3, -0.25) is 14.2 Å². The lowest BCUT2D eigenvalue weighted by Crippen LogP contribution is -2.27. The molecule has 0 saturated heterocycles. The van der Waals surface area contributed by atoms with Crippen molar-refractivity contribution in [3.63, 3.8) is 0 Å². The van der Waals surface area contributed by atoms with E-state index >= 15 is 0 Å². The van der Waals surface area contributed by atoms with Crippen molar-refractivity contribution in [3.8, 4) is 11.4 Å². The summed E-state index contributed by atoms with van der Waals surface area (Å²) >= 11 is 0. The van der Waals surface area contributed by atoms with E-state index < -0.39 is 58.5 Å². The maximum Gasteiger partial charge on any atom is 0.344 e. The van der Waals surface area contributed by atoms with Gasteiger partial charge in [0.25, 0.3) is 5.56 Å². The predicted octanol–water partition coefficient (Wildman–Crippen LogP) is 3.79. The highest BCUT2D eigenvalue weighted by Crippen LogP contribution is 2.27. The first-order valence-corrected chi connectivity index (χ1v) is 10.0. The number of pyridine rings is 1. The number of nitrogens with zero attached hydrogens (tertiary/aromatic N) is 1. The maximum atomic E-state index is 14.9. The Bertz CT molecular complexity index is 1290. The van der Waals surface area contributed by atoms with E-state index in [2.05, 4.69) is 0 Å². The second-order valence-corrected chi connectivity index (χ2v) is 8.25. The Hall–Kier alpha value is -4.08. The zero-order chi connectivity index (χ0) is 25.2. The van der Waals surface area contributed by atoms with Gasteiger partial charge in [-0.1, -0.05) is 0 Å². The van der Waals surface area contributed by atoms with Gasteiger partial charge >= 0.3 is 5.97 Å². The monoisotopic (exact) mass is 474 g/mol. The quantitative estimate of drug-likeness (QED) is 0.431. The number of hydrogen-bond donors (Lipinski definition) is 1. The number of carbonyl (C=O) groups excluding carboxylic acids is 2. The molecular weight excluding hydrogens is 453 g/mol. The summed E-state index contributed by atoms with van der Waals surface area (Å²) < 4.78 is 53.6. The zero-order valence-electron chi connectivity index (χ0n) is 18.5. The molecule has 0 spiro atoms. The number of halogens is 3. The number of nitrogen functional groups attached to an aromatic ring is 1. The Kier molecular flexibility index (Phi) is 6.80. The van der Waals surface area contributed by atoms with Crippen molar-refractivity contribution in [3.05, 3.63) is 87.5 Å². The molecule has 3 aromatic rings. The molecule has 0 atom stereocenters. The molecule has 0 aliphatic rings. The average Bonchev–Trinajstić information content (AvgIpc) is 2.73. The normalized spacial score (nSPS) is 11.2. The Morgan fingerprint density at radius 2 is 1.56 bits per heavy atom. The second-order valence-electron chi connectivity index (χ2n) is 8.25. The van der Waals surface area contributed by atoms with Crippen LogP contribution in [-0.2, 0) is 9.53 Å². The fourth-order valence-electron chi connectivity index (χ4n) is 3.09. The van der Waals surface area contributed by atoms with Crippen LogP contribution < -0.4 is 16.0 Å². The third-order valence-electron chi connectivity index (χ3n) is 4.47. The fourth-order valence-corrected chi connectivity index (χ4v) is 3.09. The third-order valence-corrected chi connectivity index (χ3v) is 4.47. The predicted molar refractivity (Wildman–Crippen MR) is 118 cm³/mol. The molecule has 0 saturated carbocycles. The number of carbonyl (C=O) groups is 2. The van der Waals surface area contributed by atoms with Gasteiger partial charge in [0.2, 0.25) is 0 Å².